The monoisotopic (exact) mass is 332 g/mol. The van der Waals surface area contributed by atoms with Gasteiger partial charge >= 0.3 is 11.8 Å². The lowest BCUT2D eigenvalue weighted by Gasteiger charge is -2.27. The van der Waals surface area contributed by atoms with Crippen LogP contribution in [0, 0.1) is 5.92 Å². The van der Waals surface area contributed by atoms with Crippen LogP contribution >= 0.6 is 0 Å². The Morgan fingerprint density at radius 2 is 1.75 bits per heavy atom. The van der Waals surface area contributed by atoms with E-state index in [1.807, 2.05) is 24.3 Å². The van der Waals surface area contributed by atoms with Gasteiger partial charge in [0.25, 0.3) is 0 Å². The van der Waals surface area contributed by atoms with Gasteiger partial charge in [0.05, 0.1) is 0 Å². The molecule has 3 N–H and O–H groups in total. The summed E-state index contributed by atoms with van der Waals surface area (Å²) in [5.74, 6) is -0.878. The van der Waals surface area contributed by atoms with Crippen molar-refractivity contribution in [2.24, 2.45) is 5.92 Å². The number of carbonyl (C=O) groups excluding carboxylic acids is 2. The van der Waals surface area contributed by atoms with Crippen LogP contribution < -0.4 is 10.6 Å². The second-order valence-corrected chi connectivity index (χ2v) is 6.63. The smallest absolute Gasteiger partial charge is 0.313 e. The van der Waals surface area contributed by atoms with E-state index >= 15 is 0 Å². The predicted molar refractivity (Wildman–Crippen MR) is 94.7 cm³/mol. The van der Waals surface area contributed by atoms with Gasteiger partial charge in [0.15, 0.2) is 0 Å². The molecule has 0 heterocycles. The van der Waals surface area contributed by atoms with Crippen LogP contribution in [0.5, 0.6) is 0 Å². The van der Waals surface area contributed by atoms with Gasteiger partial charge in [-0.3, -0.25) is 9.59 Å². The molecule has 0 atom stereocenters. The van der Waals surface area contributed by atoms with Crippen LogP contribution in [0.2, 0.25) is 0 Å². The molecule has 0 radical (unpaired) electrons. The van der Waals surface area contributed by atoms with Crippen molar-refractivity contribution in [3.63, 3.8) is 0 Å². The van der Waals surface area contributed by atoms with Crippen molar-refractivity contribution in [3.8, 4) is 0 Å². The number of nitrogens with one attached hydrogen (secondary N) is 2. The zero-order valence-electron chi connectivity index (χ0n) is 14.4. The first-order chi connectivity index (χ1) is 11.6. The Morgan fingerprint density at radius 1 is 1.08 bits per heavy atom. The van der Waals surface area contributed by atoms with Gasteiger partial charge in [-0.2, -0.15) is 0 Å². The van der Waals surface area contributed by atoms with E-state index < -0.39 is 11.8 Å². The molecule has 2 rings (SSSR count). The van der Waals surface area contributed by atoms with Crippen molar-refractivity contribution >= 4 is 17.5 Å². The summed E-state index contributed by atoms with van der Waals surface area (Å²) in [6.45, 7) is 2.36. The maximum Gasteiger partial charge on any atom is 0.313 e. The number of aryl methyl sites for hydroxylation is 1. The summed E-state index contributed by atoms with van der Waals surface area (Å²) in [7, 11) is 0. The Balaban J connectivity index is 1.78. The molecule has 1 aliphatic carbocycles. The lowest BCUT2D eigenvalue weighted by molar-refractivity contribution is -0.136. The molecular formula is C19H28N2O3. The molecule has 24 heavy (non-hydrogen) atoms. The fourth-order valence-electron chi connectivity index (χ4n) is 3.06. The van der Waals surface area contributed by atoms with Gasteiger partial charge in [0.1, 0.15) is 0 Å². The number of carbonyl (C=O) groups is 2. The molecule has 1 aromatic rings. The van der Waals surface area contributed by atoms with Crippen LogP contribution in [-0.4, -0.2) is 29.6 Å². The third-order valence-electron chi connectivity index (χ3n) is 4.68. The Kier molecular flexibility index (Phi) is 7.25. The van der Waals surface area contributed by atoms with Crippen molar-refractivity contribution in [1.82, 2.24) is 5.32 Å². The van der Waals surface area contributed by atoms with Gasteiger partial charge in [-0.15, -0.1) is 0 Å². The molecule has 5 heteroatoms. The van der Waals surface area contributed by atoms with E-state index in [1.165, 1.54) is 5.56 Å². The maximum atomic E-state index is 12.0. The summed E-state index contributed by atoms with van der Waals surface area (Å²) in [6.07, 6.45) is 6.74. The second-order valence-electron chi connectivity index (χ2n) is 6.63. The third-order valence-corrected chi connectivity index (χ3v) is 4.68. The van der Waals surface area contributed by atoms with Gasteiger partial charge in [-0.05, 0) is 62.1 Å². The summed E-state index contributed by atoms with van der Waals surface area (Å²) < 4.78 is 0. The number of unbranched alkanes of at least 4 members (excludes halogenated alkanes) is 1. The molecule has 5 nitrogen and oxygen atoms in total. The number of anilines is 1. The molecule has 0 saturated heterocycles. The minimum absolute atomic E-state index is 0.0301. The van der Waals surface area contributed by atoms with Gasteiger partial charge in [0, 0.05) is 18.3 Å². The van der Waals surface area contributed by atoms with Crippen molar-refractivity contribution in [3.05, 3.63) is 29.8 Å². The van der Waals surface area contributed by atoms with Crippen LogP contribution in [0.1, 0.15) is 51.0 Å². The molecule has 0 unspecified atom stereocenters. The fourth-order valence-corrected chi connectivity index (χ4v) is 3.06. The number of aliphatic hydroxyl groups is 1. The topological polar surface area (TPSA) is 78.4 Å². The summed E-state index contributed by atoms with van der Waals surface area (Å²) in [4.78, 5) is 24.0. The minimum Gasteiger partial charge on any atom is -0.396 e. The largest absolute Gasteiger partial charge is 0.396 e. The molecule has 132 valence electrons. The molecular weight excluding hydrogens is 304 g/mol. The first-order valence-electron chi connectivity index (χ1n) is 8.94. The summed E-state index contributed by atoms with van der Waals surface area (Å²) in [5, 5.41) is 14.6. The molecule has 1 fully saturated rings. The number of hydrogen-bond donors (Lipinski definition) is 3. The van der Waals surface area contributed by atoms with Gasteiger partial charge in [-0.1, -0.05) is 25.5 Å². The Morgan fingerprint density at radius 3 is 2.33 bits per heavy atom. The van der Waals surface area contributed by atoms with E-state index in [1.54, 1.807) is 0 Å². The zero-order valence-corrected chi connectivity index (χ0v) is 14.4. The normalized spacial score (nSPS) is 20.4. The first-order valence-corrected chi connectivity index (χ1v) is 8.94. The van der Waals surface area contributed by atoms with Crippen LogP contribution in [-0.2, 0) is 16.0 Å². The summed E-state index contributed by atoms with van der Waals surface area (Å²) in [6, 6.07) is 7.67. The standard InChI is InChI=1S/C19H28N2O3/c1-2-3-4-14-5-9-16(10-6-14)20-18(23)19(24)21-17-11-7-15(13-22)8-12-17/h5-6,9-10,15,17,22H,2-4,7-8,11-13H2,1H3,(H,20,23)(H,21,24). The average molecular weight is 332 g/mol. The van der Waals surface area contributed by atoms with Crippen molar-refractivity contribution in [2.75, 3.05) is 11.9 Å². The molecule has 0 bridgehead atoms. The Labute approximate surface area is 143 Å². The minimum atomic E-state index is -0.624. The fraction of sp³-hybridized carbons (Fsp3) is 0.579. The molecule has 1 saturated carbocycles. The first kappa shape index (κ1) is 18.5. The number of hydrogen-bond acceptors (Lipinski definition) is 3. The van der Waals surface area contributed by atoms with Crippen LogP contribution in [0.15, 0.2) is 24.3 Å². The van der Waals surface area contributed by atoms with E-state index in [-0.39, 0.29) is 12.6 Å². The number of aliphatic hydroxyl groups excluding tert-OH is 1. The Bertz CT molecular complexity index is 534. The van der Waals surface area contributed by atoms with Crippen molar-refractivity contribution in [2.45, 2.75) is 57.9 Å². The molecule has 0 aliphatic heterocycles. The average Bonchev–Trinajstić information content (AvgIpc) is 2.61. The maximum absolute atomic E-state index is 12.0. The van der Waals surface area contributed by atoms with E-state index in [9.17, 15) is 9.59 Å². The molecule has 0 aromatic heterocycles. The van der Waals surface area contributed by atoms with E-state index in [0.29, 0.717) is 11.6 Å². The number of amides is 2. The quantitative estimate of drug-likeness (QED) is 0.701. The molecule has 2 amide bonds. The summed E-state index contributed by atoms with van der Waals surface area (Å²) in [5.41, 5.74) is 1.87. The zero-order chi connectivity index (χ0) is 17.4. The highest BCUT2D eigenvalue weighted by Gasteiger charge is 2.24. The highest BCUT2D eigenvalue weighted by atomic mass is 16.3. The lowest BCUT2D eigenvalue weighted by Crippen LogP contribution is -2.43. The molecule has 0 spiro atoms. The van der Waals surface area contributed by atoms with E-state index in [2.05, 4.69) is 17.6 Å². The van der Waals surface area contributed by atoms with Gasteiger partial charge < -0.3 is 15.7 Å². The van der Waals surface area contributed by atoms with Crippen LogP contribution in [0.4, 0.5) is 5.69 Å². The Hall–Kier alpha value is -1.88. The molecule has 1 aromatic carbocycles. The van der Waals surface area contributed by atoms with Crippen LogP contribution in [0.3, 0.4) is 0 Å². The van der Waals surface area contributed by atoms with Crippen molar-refractivity contribution < 1.29 is 14.7 Å². The second kappa shape index (κ2) is 9.42. The predicted octanol–water partition coefficient (Wildman–Crippen LogP) is 2.64. The van der Waals surface area contributed by atoms with Gasteiger partial charge in [0.2, 0.25) is 0 Å². The van der Waals surface area contributed by atoms with Crippen LogP contribution in [0.25, 0.3) is 0 Å². The number of rotatable bonds is 6. The number of benzene rings is 1. The SMILES string of the molecule is CCCCc1ccc(NC(=O)C(=O)NC2CCC(CO)CC2)cc1. The highest BCUT2D eigenvalue weighted by Crippen LogP contribution is 2.23. The highest BCUT2D eigenvalue weighted by molar-refractivity contribution is 6.39. The van der Waals surface area contributed by atoms with E-state index in [4.69, 9.17) is 5.11 Å². The third kappa shape index (κ3) is 5.64. The summed E-state index contributed by atoms with van der Waals surface area (Å²) >= 11 is 0. The molecule has 1 aliphatic rings. The lowest BCUT2D eigenvalue weighted by atomic mass is 9.86. The van der Waals surface area contributed by atoms with Crippen molar-refractivity contribution in [1.29, 1.82) is 0 Å². The van der Waals surface area contributed by atoms with Gasteiger partial charge in [-0.25, -0.2) is 0 Å². The van der Waals surface area contributed by atoms with E-state index in [0.717, 1.165) is 44.9 Å².